The van der Waals surface area contributed by atoms with Gasteiger partial charge < -0.3 is 20.7 Å². The van der Waals surface area contributed by atoms with E-state index < -0.39 is 0 Å². The quantitative estimate of drug-likeness (QED) is 0.706. The SMILES string of the molecule is CNC(=O)c1cc(C(=O)N[C@H]2[C@@H]3COC[C@@H]32)cc([C@@H](C)c2cccc3c2CCN3)n1. The third kappa shape index (κ3) is 3.23. The first-order valence-electron chi connectivity index (χ1n) is 10.5. The molecule has 0 unspecified atom stereocenters. The molecule has 30 heavy (non-hydrogen) atoms. The summed E-state index contributed by atoms with van der Waals surface area (Å²) >= 11 is 0. The summed E-state index contributed by atoms with van der Waals surface area (Å²) in [5.41, 5.74) is 5.08. The lowest BCUT2D eigenvalue weighted by Gasteiger charge is -2.17. The highest BCUT2D eigenvalue weighted by Gasteiger charge is 2.54. The van der Waals surface area contributed by atoms with E-state index in [1.165, 1.54) is 11.1 Å². The van der Waals surface area contributed by atoms with Gasteiger partial charge in [0, 0.05) is 54.3 Å². The van der Waals surface area contributed by atoms with Gasteiger partial charge >= 0.3 is 0 Å². The molecule has 3 heterocycles. The van der Waals surface area contributed by atoms with Crippen LogP contribution in [0.1, 0.15) is 50.5 Å². The molecule has 1 saturated heterocycles. The van der Waals surface area contributed by atoms with Crippen molar-refractivity contribution in [2.45, 2.75) is 25.3 Å². The lowest BCUT2D eigenvalue weighted by molar-refractivity contribution is 0.0928. The van der Waals surface area contributed by atoms with Gasteiger partial charge in [-0.1, -0.05) is 19.1 Å². The molecule has 7 nitrogen and oxygen atoms in total. The van der Waals surface area contributed by atoms with Crippen LogP contribution in [0.25, 0.3) is 0 Å². The maximum atomic E-state index is 13.0. The molecule has 0 spiro atoms. The average Bonchev–Trinajstić information content (AvgIpc) is 3.16. The standard InChI is InChI=1S/C23H26N4O3/c1-12(14-4-3-5-18-15(14)6-7-25-18)19-8-13(9-20(26-19)23(29)24-2)22(28)27-21-16-10-30-11-17(16)21/h3-5,8-9,12,16-17,21,25H,6-7,10-11H2,1-2H3,(H,24,29)(H,27,28)/t12-,16-,17+,21+/m0/s1. The Hall–Kier alpha value is -2.93. The summed E-state index contributed by atoms with van der Waals surface area (Å²) in [4.78, 5) is 29.9. The van der Waals surface area contributed by atoms with Crippen LogP contribution in [0.5, 0.6) is 0 Å². The minimum absolute atomic E-state index is 0.0373. The number of carbonyl (C=O) groups is 2. The number of carbonyl (C=O) groups excluding carboxylic acids is 2. The average molecular weight is 406 g/mol. The van der Waals surface area contributed by atoms with Gasteiger partial charge in [-0.3, -0.25) is 9.59 Å². The van der Waals surface area contributed by atoms with Crippen LogP contribution in [-0.2, 0) is 11.2 Å². The van der Waals surface area contributed by atoms with Crippen molar-refractivity contribution in [3.63, 3.8) is 0 Å². The second-order valence-electron chi connectivity index (χ2n) is 8.38. The molecule has 1 aliphatic carbocycles. The second kappa shape index (κ2) is 7.40. The minimum atomic E-state index is -0.297. The number of ether oxygens (including phenoxy) is 1. The number of fused-ring (bicyclic) bond motifs is 2. The van der Waals surface area contributed by atoms with Crippen LogP contribution in [0.2, 0.25) is 0 Å². The largest absolute Gasteiger partial charge is 0.384 e. The smallest absolute Gasteiger partial charge is 0.269 e. The molecule has 1 aromatic carbocycles. The highest BCUT2D eigenvalue weighted by Crippen LogP contribution is 2.44. The first-order valence-corrected chi connectivity index (χ1v) is 10.5. The Labute approximate surface area is 175 Å². The third-order valence-electron chi connectivity index (χ3n) is 6.63. The highest BCUT2D eigenvalue weighted by atomic mass is 16.5. The predicted octanol–water partition coefficient (Wildman–Crippen LogP) is 1.94. The Morgan fingerprint density at radius 1 is 1.20 bits per heavy atom. The molecule has 2 amide bonds. The Morgan fingerprint density at radius 2 is 2.00 bits per heavy atom. The molecule has 5 rings (SSSR count). The van der Waals surface area contributed by atoms with Crippen LogP contribution in [0.4, 0.5) is 5.69 Å². The van der Waals surface area contributed by atoms with Crippen LogP contribution in [-0.4, -0.2) is 49.6 Å². The topological polar surface area (TPSA) is 92.4 Å². The summed E-state index contributed by atoms with van der Waals surface area (Å²) in [5, 5.41) is 9.14. The number of amides is 2. The number of pyridine rings is 1. The molecule has 2 aliphatic heterocycles. The number of hydrogen-bond donors (Lipinski definition) is 3. The first-order chi connectivity index (χ1) is 14.6. The third-order valence-corrected chi connectivity index (χ3v) is 6.63. The lowest BCUT2D eigenvalue weighted by atomic mass is 9.90. The minimum Gasteiger partial charge on any atom is -0.384 e. The lowest BCUT2D eigenvalue weighted by Crippen LogP contribution is -2.30. The van der Waals surface area contributed by atoms with E-state index in [2.05, 4.69) is 40.0 Å². The van der Waals surface area contributed by atoms with Crippen LogP contribution in [0, 0.1) is 11.8 Å². The van der Waals surface area contributed by atoms with E-state index in [9.17, 15) is 9.59 Å². The van der Waals surface area contributed by atoms with Crippen LogP contribution in [0.3, 0.4) is 0 Å². The van der Waals surface area contributed by atoms with E-state index in [-0.39, 0.29) is 29.5 Å². The Kier molecular flexibility index (Phi) is 4.70. The van der Waals surface area contributed by atoms with Gasteiger partial charge in [0.25, 0.3) is 11.8 Å². The van der Waals surface area contributed by atoms with E-state index >= 15 is 0 Å². The van der Waals surface area contributed by atoms with Gasteiger partial charge in [0.2, 0.25) is 0 Å². The van der Waals surface area contributed by atoms with Crippen LogP contribution in [0.15, 0.2) is 30.3 Å². The molecule has 1 saturated carbocycles. The van der Waals surface area contributed by atoms with Crippen LogP contribution >= 0.6 is 0 Å². The fourth-order valence-corrected chi connectivity index (χ4v) is 4.77. The zero-order valence-electron chi connectivity index (χ0n) is 17.2. The van der Waals surface area contributed by atoms with Gasteiger partial charge in [-0.15, -0.1) is 0 Å². The Morgan fingerprint density at radius 3 is 2.77 bits per heavy atom. The predicted molar refractivity (Wildman–Crippen MR) is 113 cm³/mol. The van der Waals surface area contributed by atoms with Crippen molar-refractivity contribution in [2.24, 2.45) is 11.8 Å². The molecule has 1 aromatic heterocycles. The van der Waals surface area contributed by atoms with Crippen molar-refractivity contribution >= 4 is 17.5 Å². The molecule has 3 aliphatic rings. The summed E-state index contributed by atoms with van der Waals surface area (Å²) < 4.78 is 5.41. The van der Waals surface area contributed by atoms with Gasteiger partial charge in [0.15, 0.2) is 0 Å². The Balaban J connectivity index is 1.47. The monoisotopic (exact) mass is 406 g/mol. The van der Waals surface area contributed by atoms with Gasteiger partial charge in [-0.05, 0) is 35.7 Å². The summed E-state index contributed by atoms with van der Waals surface area (Å²) in [6.45, 7) is 4.43. The first kappa shape index (κ1) is 19.1. The van der Waals surface area contributed by atoms with Crippen molar-refractivity contribution in [3.8, 4) is 0 Å². The van der Waals surface area contributed by atoms with Crippen molar-refractivity contribution in [1.29, 1.82) is 0 Å². The maximum absolute atomic E-state index is 13.0. The number of benzene rings is 1. The van der Waals surface area contributed by atoms with Gasteiger partial charge in [0.1, 0.15) is 5.69 Å². The molecule has 156 valence electrons. The number of rotatable bonds is 5. The fraction of sp³-hybridized carbons (Fsp3) is 0.435. The number of hydrogen-bond acceptors (Lipinski definition) is 5. The van der Waals surface area contributed by atoms with Crippen molar-refractivity contribution in [3.05, 3.63) is 58.4 Å². The zero-order valence-corrected chi connectivity index (χ0v) is 17.2. The number of aromatic nitrogens is 1. The molecule has 2 aromatic rings. The Bertz CT molecular complexity index is 1010. The molecule has 3 N–H and O–H groups in total. The molecule has 0 bridgehead atoms. The number of nitrogens with zero attached hydrogens (tertiary/aromatic N) is 1. The second-order valence-corrected chi connectivity index (χ2v) is 8.38. The maximum Gasteiger partial charge on any atom is 0.269 e. The van der Waals surface area contributed by atoms with Crippen molar-refractivity contribution in [2.75, 3.05) is 32.1 Å². The molecular formula is C23H26N4O3. The molecule has 0 radical (unpaired) electrons. The molecular weight excluding hydrogens is 380 g/mol. The van der Waals surface area contributed by atoms with Crippen LogP contribution < -0.4 is 16.0 Å². The van der Waals surface area contributed by atoms with E-state index in [0.717, 1.165) is 24.3 Å². The van der Waals surface area contributed by atoms with Gasteiger partial charge in [-0.25, -0.2) is 4.98 Å². The fourth-order valence-electron chi connectivity index (χ4n) is 4.77. The van der Waals surface area contributed by atoms with Gasteiger partial charge in [-0.2, -0.15) is 0 Å². The summed E-state index contributed by atoms with van der Waals surface area (Å²) in [7, 11) is 1.57. The van der Waals surface area contributed by atoms with E-state index in [4.69, 9.17) is 4.74 Å². The number of nitrogens with one attached hydrogen (secondary N) is 3. The van der Waals surface area contributed by atoms with Crippen molar-refractivity contribution in [1.82, 2.24) is 15.6 Å². The zero-order chi connectivity index (χ0) is 20.8. The summed E-state index contributed by atoms with van der Waals surface area (Å²) in [6.07, 6.45) is 0.963. The number of anilines is 1. The van der Waals surface area contributed by atoms with E-state index in [0.29, 0.717) is 30.6 Å². The molecule has 4 atom stereocenters. The highest BCUT2D eigenvalue weighted by molar-refractivity contribution is 5.99. The molecule has 2 fully saturated rings. The molecule has 7 heteroatoms. The summed E-state index contributed by atoms with van der Waals surface area (Å²) in [5.74, 6) is 0.355. The van der Waals surface area contributed by atoms with E-state index in [1.54, 1.807) is 13.1 Å². The van der Waals surface area contributed by atoms with E-state index in [1.807, 2.05) is 12.1 Å². The van der Waals surface area contributed by atoms with Crippen molar-refractivity contribution < 1.29 is 14.3 Å². The summed E-state index contributed by atoms with van der Waals surface area (Å²) in [6, 6.07) is 9.80. The van der Waals surface area contributed by atoms with Gasteiger partial charge in [0.05, 0.1) is 13.2 Å². The normalized spacial score (nSPS) is 24.4.